The Morgan fingerprint density at radius 1 is 1.12 bits per heavy atom. The summed E-state index contributed by atoms with van der Waals surface area (Å²) in [6.07, 6.45) is 3.53. The van der Waals surface area contributed by atoms with Gasteiger partial charge in [0.1, 0.15) is 16.5 Å². The van der Waals surface area contributed by atoms with Crippen molar-refractivity contribution in [3.63, 3.8) is 0 Å². The lowest BCUT2D eigenvalue weighted by Crippen LogP contribution is -2.50. The molecule has 2 aliphatic rings. The van der Waals surface area contributed by atoms with E-state index in [1.807, 2.05) is 0 Å². The molecule has 0 aromatic heterocycles. The zero-order valence-electron chi connectivity index (χ0n) is 13.5. The largest absolute Gasteiger partial charge is 0.377 e. The number of piperazine rings is 1. The van der Waals surface area contributed by atoms with Crippen molar-refractivity contribution < 1.29 is 21.9 Å². The third-order valence-corrected chi connectivity index (χ3v) is 6.51. The molecule has 0 aliphatic carbocycles. The van der Waals surface area contributed by atoms with Gasteiger partial charge in [0, 0.05) is 45.4 Å². The molecule has 2 aliphatic heterocycles. The lowest BCUT2D eigenvalue weighted by atomic mass is 10.1. The highest BCUT2D eigenvalue weighted by Crippen LogP contribution is 2.22. The summed E-state index contributed by atoms with van der Waals surface area (Å²) in [6.45, 7) is 3.36. The van der Waals surface area contributed by atoms with Crippen LogP contribution in [0.2, 0.25) is 0 Å². The smallest absolute Gasteiger partial charge is 0.246 e. The van der Waals surface area contributed by atoms with E-state index in [2.05, 4.69) is 4.90 Å². The molecule has 24 heavy (non-hydrogen) atoms. The zero-order chi connectivity index (χ0) is 17.2. The Bertz CT molecular complexity index is 670. The van der Waals surface area contributed by atoms with Gasteiger partial charge in [-0.3, -0.25) is 4.90 Å². The monoisotopic (exact) mass is 360 g/mol. The fourth-order valence-corrected chi connectivity index (χ4v) is 4.68. The van der Waals surface area contributed by atoms with Gasteiger partial charge in [0.2, 0.25) is 10.0 Å². The van der Waals surface area contributed by atoms with Gasteiger partial charge in [-0.15, -0.1) is 0 Å². The van der Waals surface area contributed by atoms with Crippen LogP contribution >= 0.6 is 0 Å². The van der Waals surface area contributed by atoms with Gasteiger partial charge in [-0.1, -0.05) is 0 Å². The van der Waals surface area contributed by atoms with Gasteiger partial charge in [0.25, 0.3) is 0 Å². The number of nitrogens with zero attached hydrogens (tertiary/aromatic N) is 2. The Hall–Kier alpha value is -1.09. The van der Waals surface area contributed by atoms with Crippen LogP contribution < -0.4 is 0 Å². The SMILES string of the molecule is O=S(=O)(c1ccc(F)cc1F)N1CCN(C[C@H]2CCCCO2)CC1. The molecular weight excluding hydrogens is 338 g/mol. The molecule has 1 aromatic rings. The third kappa shape index (κ3) is 3.93. The summed E-state index contributed by atoms with van der Waals surface area (Å²) in [4.78, 5) is 1.72. The summed E-state index contributed by atoms with van der Waals surface area (Å²) in [5.74, 6) is -1.84. The first-order valence-electron chi connectivity index (χ1n) is 8.26. The lowest BCUT2D eigenvalue weighted by Gasteiger charge is -2.36. The van der Waals surface area contributed by atoms with Gasteiger partial charge < -0.3 is 4.74 Å². The molecule has 2 fully saturated rings. The second-order valence-corrected chi connectivity index (χ2v) is 8.17. The maximum atomic E-state index is 13.8. The van der Waals surface area contributed by atoms with Crippen molar-refractivity contribution in [2.75, 3.05) is 39.3 Å². The molecule has 0 spiro atoms. The number of sulfonamides is 1. The van der Waals surface area contributed by atoms with Crippen LogP contribution in [0.15, 0.2) is 23.1 Å². The molecule has 2 saturated heterocycles. The topological polar surface area (TPSA) is 49.9 Å². The van der Waals surface area contributed by atoms with E-state index < -0.39 is 26.6 Å². The van der Waals surface area contributed by atoms with E-state index in [4.69, 9.17) is 4.74 Å². The van der Waals surface area contributed by atoms with Crippen molar-refractivity contribution >= 4 is 10.0 Å². The van der Waals surface area contributed by atoms with Crippen molar-refractivity contribution in [3.05, 3.63) is 29.8 Å². The molecule has 5 nitrogen and oxygen atoms in total. The molecule has 3 rings (SSSR count). The number of rotatable bonds is 4. The Kier molecular flexibility index (Phi) is 5.49. The van der Waals surface area contributed by atoms with Crippen molar-refractivity contribution in [1.82, 2.24) is 9.21 Å². The molecule has 0 bridgehead atoms. The number of hydrogen-bond acceptors (Lipinski definition) is 4. The maximum Gasteiger partial charge on any atom is 0.246 e. The second-order valence-electron chi connectivity index (χ2n) is 6.27. The minimum Gasteiger partial charge on any atom is -0.377 e. The van der Waals surface area contributed by atoms with Crippen LogP contribution in [0.3, 0.4) is 0 Å². The standard InChI is InChI=1S/C16H22F2N2O3S/c17-13-4-5-16(15(18)11-13)24(21,22)20-8-6-19(7-9-20)12-14-3-1-2-10-23-14/h4-5,11,14H,1-3,6-10,12H2/t14-/m1/s1. The molecule has 1 aromatic carbocycles. The first kappa shape index (κ1) is 17.7. The van der Waals surface area contributed by atoms with E-state index in [1.54, 1.807) is 0 Å². The van der Waals surface area contributed by atoms with Crippen LogP contribution in [0.25, 0.3) is 0 Å². The minimum absolute atomic E-state index is 0.219. The molecule has 0 radical (unpaired) electrons. The molecule has 134 valence electrons. The molecule has 0 N–H and O–H groups in total. The van der Waals surface area contributed by atoms with Gasteiger partial charge in [-0.05, 0) is 31.4 Å². The molecule has 1 atom stereocenters. The first-order chi connectivity index (χ1) is 11.5. The first-order valence-corrected chi connectivity index (χ1v) is 9.70. The van der Waals surface area contributed by atoms with Gasteiger partial charge in [-0.2, -0.15) is 4.31 Å². The van der Waals surface area contributed by atoms with Crippen LogP contribution in [0.5, 0.6) is 0 Å². The van der Waals surface area contributed by atoms with Crippen molar-refractivity contribution in [2.24, 2.45) is 0 Å². The normalized spacial score (nSPS) is 24.2. The summed E-state index contributed by atoms with van der Waals surface area (Å²) < 4.78 is 58.8. The van der Waals surface area contributed by atoms with Gasteiger partial charge >= 0.3 is 0 Å². The number of benzene rings is 1. The second kappa shape index (κ2) is 7.43. The summed E-state index contributed by atoms with van der Waals surface area (Å²) in [6, 6.07) is 2.55. The van der Waals surface area contributed by atoms with Crippen molar-refractivity contribution in [3.8, 4) is 0 Å². The zero-order valence-corrected chi connectivity index (χ0v) is 14.3. The summed E-state index contributed by atoms with van der Waals surface area (Å²) >= 11 is 0. The van der Waals surface area contributed by atoms with E-state index in [0.717, 1.165) is 38.1 Å². The average Bonchev–Trinajstić information content (AvgIpc) is 2.56. The number of hydrogen-bond donors (Lipinski definition) is 0. The van der Waals surface area contributed by atoms with E-state index in [1.165, 1.54) is 10.7 Å². The number of halogens is 2. The summed E-state index contributed by atoms with van der Waals surface area (Å²) in [5, 5.41) is 0. The molecule has 0 saturated carbocycles. The Morgan fingerprint density at radius 2 is 1.88 bits per heavy atom. The Morgan fingerprint density at radius 3 is 2.50 bits per heavy atom. The average molecular weight is 360 g/mol. The van der Waals surface area contributed by atoms with Crippen LogP contribution in [-0.4, -0.2) is 63.1 Å². The number of ether oxygens (including phenoxy) is 1. The fraction of sp³-hybridized carbons (Fsp3) is 0.625. The summed E-state index contributed by atoms with van der Waals surface area (Å²) in [7, 11) is -3.93. The van der Waals surface area contributed by atoms with E-state index in [-0.39, 0.29) is 6.10 Å². The van der Waals surface area contributed by atoms with Gasteiger partial charge in [0.05, 0.1) is 6.10 Å². The third-order valence-electron chi connectivity index (χ3n) is 4.58. The van der Waals surface area contributed by atoms with Crippen molar-refractivity contribution in [2.45, 2.75) is 30.3 Å². The molecule has 0 unspecified atom stereocenters. The van der Waals surface area contributed by atoms with Crippen LogP contribution in [-0.2, 0) is 14.8 Å². The Balaban J connectivity index is 1.61. The van der Waals surface area contributed by atoms with Gasteiger partial charge in [0.15, 0.2) is 0 Å². The highest BCUT2D eigenvalue weighted by molar-refractivity contribution is 7.89. The van der Waals surface area contributed by atoms with E-state index >= 15 is 0 Å². The van der Waals surface area contributed by atoms with Crippen LogP contribution in [0.4, 0.5) is 8.78 Å². The molecule has 0 amide bonds. The predicted molar refractivity (Wildman–Crippen MR) is 85.1 cm³/mol. The lowest BCUT2D eigenvalue weighted by molar-refractivity contribution is -0.0103. The molecule has 8 heteroatoms. The van der Waals surface area contributed by atoms with E-state index in [9.17, 15) is 17.2 Å². The highest BCUT2D eigenvalue weighted by atomic mass is 32.2. The quantitative estimate of drug-likeness (QED) is 0.822. The maximum absolute atomic E-state index is 13.8. The van der Waals surface area contributed by atoms with Crippen LogP contribution in [0, 0.1) is 11.6 Å². The van der Waals surface area contributed by atoms with E-state index in [0.29, 0.717) is 32.2 Å². The Labute approximate surface area is 141 Å². The fourth-order valence-electron chi connectivity index (χ4n) is 3.22. The molecular formula is C16H22F2N2O3S. The summed E-state index contributed by atoms with van der Waals surface area (Å²) in [5.41, 5.74) is 0. The van der Waals surface area contributed by atoms with Crippen molar-refractivity contribution in [1.29, 1.82) is 0 Å². The molecule has 2 heterocycles. The highest BCUT2D eigenvalue weighted by Gasteiger charge is 2.31. The van der Waals surface area contributed by atoms with Crippen LogP contribution in [0.1, 0.15) is 19.3 Å². The predicted octanol–water partition coefficient (Wildman–Crippen LogP) is 1.84. The minimum atomic E-state index is -3.93. The van der Waals surface area contributed by atoms with Gasteiger partial charge in [-0.25, -0.2) is 17.2 Å².